The summed E-state index contributed by atoms with van der Waals surface area (Å²) in [5, 5.41) is 0. The number of nitrogens with zero attached hydrogens (tertiary/aromatic N) is 2. The minimum atomic E-state index is -0.0572. The van der Waals surface area contributed by atoms with Crippen molar-refractivity contribution in [3.8, 4) is 5.75 Å². The molecule has 1 amide bonds. The highest BCUT2D eigenvalue weighted by Crippen LogP contribution is 2.19. The topological polar surface area (TPSA) is 68.5 Å². The van der Waals surface area contributed by atoms with Gasteiger partial charge in [-0.1, -0.05) is 18.2 Å². The molecule has 0 saturated carbocycles. The molecule has 0 aliphatic heterocycles. The molecular weight excluding hydrogens is 254 g/mol. The maximum atomic E-state index is 12.0. The highest BCUT2D eigenvalue weighted by Gasteiger charge is 2.11. The number of aromatic nitrogens is 1. The van der Waals surface area contributed by atoms with E-state index in [2.05, 4.69) is 4.98 Å². The van der Waals surface area contributed by atoms with Gasteiger partial charge in [-0.25, -0.2) is 4.98 Å². The van der Waals surface area contributed by atoms with Crippen LogP contribution in [-0.4, -0.2) is 24.5 Å². The van der Waals surface area contributed by atoms with Gasteiger partial charge in [-0.05, 0) is 24.3 Å². The highest BCUT2D eigenvalue weighted by atomic mass is 16.5. The molecule has 0 saturated heterocycles. The summed E-state index contributed by atoms with van der Waals surface area (Å²) in [6.45, 7) is 0.282. The number of para-hydroxylation sites is 2. The van der Waals surface area contributed by atoms with Gasteiger partial charge in [-0.15, -0.1) is 0 Å². The molecule has 5 nitrogen and oxygen atoms in total. The van der Waals surface area contributed by atoms with Crippen LogP contribution in [0.2, 0.25) is 0 Å². The average molecular weight is 271 g/mol. The van der Waals surface area contributed by atoms with Crippen LogP contribution in [0.25, 0.3) is 0 Å². The molecule has 0 aliphatic rings. The first-order chi connectivity index (χ1) is 9.68. The molecule has 104 valence electrons. The number of hydrogen-bond donors (Lipinski definition) is 1. The van der Waals surface area contributed by atoms with E-state index in [4.69, 9.17) is 10.5 Å². The van der Waals surface area contributed by atoms with Crippen molar-refractivity contribution in [3.05, 3.63) is 48.7 Å². The molecule has 0 fully saturated rings. The third kappa shape index (κ3) is 3.47. The number of nitrogens with two attached hydrogens (primary N) is 1. The fraction of sp³-hybridized carbons (Fsp3) is 0.200. The fourth-order valence-corrected chi connectivity index (χ4v) is 1.71. The van der Waals surface area contributed by atoms with E-state index < -0.39 is 0 Å². The number of nitrogen functional groups attached to an aromatic ring is 1. The van der Waals surface area contributed by atoms with Crippen LogP contribution in [-0.2, 0) is 4.79 Å². The first-order valence-electron chi connectivity index (χ1n) is 6.33. The Balaban J connectivity index is 1.85. The Labute approximate surface area is 118 Å². The number of hydrogen-bond acceptors (Lipinski definition) is 4. The van der Waals surface area contributed by atoms with Gasteiger partial charge in [0.15, 0.2) is 0 Å². The van der Waals surface area contributed by atoms with Crippen molar-refractivity contribution < 1.29 is 9.53 Å². The largest absolute Gasteiger partial charge is 0.491 e. The first kappa shape index (κ1) is 13.9. The minimum Gasteiger partial charge on any atom is -0.491 e. The van der Waals surface area contributed by atoms with E-state index >= 15 is 0 Å². The second-order valence-corrected chi connectivity index (χ2v) is 4.28. The molecule has 0 unspecified atom stereocenters. The molecule has 2 rings (SSSR count). The lowest BCUT2D eigenvalue weighted by Crippen LogP contribution is -2.28. The Hall–Kier alpha value is -2.56. The van der Waals surface area contributed by atoms with Gasteiger partial charge in [0, 0.05) is 13.2 Å². The first-order valence-corrected chi connectivity index (χ1v) is 6.33. The van der Waals surface area contributed by atoms with E-state index in [-0.39, 0.29) is 18.9 Å². The van der Waals surface area contributed by atoms with Crippen molar-refractivity contribution >= 4 is 17.4 Å². The van der Waals surface area contributed by atoms with Gasteiger partial charge in [-0.2, -0.15) is 0 Å². The molecule has 1 aromatic carbocycles. The van der Waals surface area contributed by atoms with E-state index in [9.17, 15) is 4.79 Å². The number of pyridine rings is 1. The van der Waals surface area contributed by atoms with Gasteiger partial charge in [0.1, 0.15) is 11.6 Å². The highest BCUT2D eigenvalue weighted by molar-refractivity contribution is 5.91. The maximum absolute atomic E-state index is 12.0. The Bertz CT molecular complexity index is 572. The van der Waals surface area contributed by atoms with Crippen LogP contribution in [0.5, 0.6) is 5.75 Å². The van der Waals surface area contributed by atoms with Gasteiger partial charge in [0.05, 0.1) is 18.7 Å². The van der Waals surface area contributed by atoms with E-state index in [1.165, 1.54) is 4.90 Å². The van der Waals surface area contributed by atoms with Crippen LogP contribution in [0.4, 0.5) is 11.5 Å². The minimum absolute atomic E-state index is 0.0572. The summed E-state index contributed by atoms with van der Waals surface area (Å²) in [5.74, 6) is 1.16. The smallest absolute Gasteiger partial charge is 0.231 e. The zero-order valence-corrected chi connectivity index (χ0v) is 11.3. The lowest BCUT2D eigenvalue weighted by Gasteiger charge is -2.16. The molecule has 0 spiro atoms. The molecular formula is C15H17N3O2. The third-order valence-corrected chi connectivity index (χ3v) is 2.86. The van der Waals surface area contributed by atoms with Crippen molar-refractivity contribution in [2.24, 2.45) is 0 Å². The third-order valence-electron chi connectivity index (χ3n) is 2.86. The molecule has 1 heterocycles. The molecule has 20 heavy (non-hydrogen) atoms. The van der Waals surface area contributed by atoms with Crippen molar-refractivity contribution in [2.75, 3.05) is 24.3 Å². The maximum Gasteiger partial charge on any atom is 0.231 e. The van der Waals surface area contributed by atoms with Crippen LogP contribution in [0.1, 0.15) is 6.42 Å². The van der Waals surface area contributed by atoms with E-state index in [0.29, 0.717) is 17.3 Å². The normalized spacial score (nSPS) is 10.1. The van der Waals surface area contributed by atoms with E-state index in [1.807, 2.05) is 24.3 Å². The Morgan fingerprint density at radius 1 is 1.25 bits per heavy atom. The van der Waals surface area contributed by atoms with Gasteiger partial charge < -0.3 is 10.5 Å². The predicted molar refractivity (Wildman–Crippen MR) is 78.6 cm³/mol. The molecule has 2 N–H and O–H groups in total. The van der Waals surface area contributed by atoms with Crippen molar-refractivity contribution in [1.29, 1.82) is 0 Å². The van der Waals surface area contributed by atoms with E-state index in [1.54, 1.807) is 31.4 Å². The van der Waals surface area contributed by atoms with Crippen LogP contribution >= 0.6 is 0 Å². The van der Waals surface area contributed by atoms with Crippen LogP contribution in [0, 0.1) is 0 Å². The summed E-state index contributed by atoms with van der Waals surface area (Å²) in [7, 11) is 1.70. The number of ether oxygens (including phenoxy) is 1. The van der Waals surface area contributed by atoms with Gasteiger partial charge in [0.2, 0.25) is 5.91 Å². The standard InChI is InChI=1S/C15H17N3O2/c1-18(14-8-4-5-10-17-14)15(19)9-11-20-13-7-3-2-6-12(13)16/h2-8,10H,9,11,16H2,1H3. The summed E-state index contributed by atoms with van der Waals surface area (Å²) in [5.41, 5.74) is 6.33. The van der Waals surface area contributed by atoms with Crippen molar-refractivity contribution in [2.45, 2.75) is 6.42 Å². The van der Waals surface area contributed by atoms with Crippen LogP contribution in [0.15, 0.2) is 48.7 Å². The molecule has 1 aromatic heterocycles. The number of carbonyl (C=O) groups excluding carboxylic acids is 1. The van der Waals surface area contributed by atoms with Gasteiger partial charge in [-0.3, -0.25) is 9.69 Å². The van der Waals surface area contributed by atoms with E-state index in [0.717, 1.165) is 0 Å². The molecule has 0 atom stereocenters. The summed E-state index contributed by atoms with van der Waals surface area (Å²) >= 11 is 0. The SMILES string of the molecule is CN(C(=O)CCOc1ccccc1N)c1ccccn1. The Morgan fingerprint density at radius 3 is 2.70 bits per heavy atom. The number of benzene rings is 1. The summed E-state index contributed by atoms with van der Waals surface area (Å²) in [4.78, 5) is 17.6. The lowest BCUT2D eigenvalue weighted by molar-refractivity contribution is -0.118. The summed E-state index contributed by atoms with van der Waals surface area (Å²) in [6.07, 6.45) is 1.92. The number of rotatable bonds is 5. The summed E-state index contributed by atoms with van der Waals surface area (Å²) < 4.78 is 5.50. The molecule has 0 radical (unpaired) electrons. The molecule has 5 heteroatoms. The van der Waals surface area contributed by atoms with Crippen LogP contribution < -0.4 is 15.4 Å². The number of amides is 1. The molecule has 2 aromatic rings. The summed E-state index contributed by atoms with van der Waals surface area (Å²) in [6, 6.07) is 12.7. The second kappa shape index (κ2) is 6.56. The number of anilines is 2. The Kier molecular flexibility index (Phi) is 4.55. The molecule has 0 aliphatic carbocycles. The fourth-order valence-electron chi connectivity index (χ4n) is 1.71. The zero-order chi connectivity index (χ0) is 14.4. The van der Waals surface area contributed by atoms with Crippen LogP contribution in [0.3, 0.4) is 0 Å². The zero-order valence-electron chi connectivity index (χ0n) is 11.3. The monoisotopic (exact) mass is 271 g/mol. The van der Waals surface area contributed by atoms with Gasteiger partial charge in [0.25, 0.3) is 0 Å². The quantitative estimate of drug-likeness (QED) is 0.845. The second-order valence-electron chi connectivity index (χ2n) is 4.28. The predicted octanol–water partition coefficient (Wildman–Crippen LogP) is 2.10. The number of carbonyl (C=O) groups is 1. The Morgan fingerprint density at radius 2 is 2.00 bits per heavy atom. The lowest BCUT2D eigenvalue weighted by atomic mass is 10.3. The average Bonchev–Trinajstić information content (AvgIpc) is 2.49. The molecule has 0 bridgehead atoms. The van der Waals surface area contributed by atoms with Crippen molar-refractivity contribution in [3.63, 3.8) is 0 Å². The van der Waals surface area contributed by atoms with Gasteiger partial charge >= 0.3 is 0 Å². The van der Waals surface area contributed by atoms with Crippen molar-refractivity contribution in [1.82, 2.24) is 4.98 Å².